The highest BCUT2D eigenvalue weighted by atomic mass is 79.9. The van der Waals surface area contributed by atoms with E-state index in [4.69, 9.17) is 0 Å². The molecule has 104 valence electrons. The lowest BCUT2D eigenvalue weighted by molar-refractivity contribution is 0.0334. The van der Waals surface area contributed by atoms with Crippen LogP contribution in [0.15, 0.2) is 22.8 Å². The second-order valence-corrected chi connectivity index (χ2v) is 6.08. The van der Waals surface area contributed by atoms with Gasteiger partial charge in [0.05, 0.1) is 0 Å². The number of likely N-dealkylation sites (tertiary alicyclic amines) is 1. The zero-order valence-electron chi connectivity index (χ0n) is 11.1. The molecule has 1 aliphatic heterocycles. The Labute approximate surface area is 122 Å². The first-order valence-corrected chi connectivity index (χ1v) is 7.41. The number of aliphatic hydroxyl groups is 1. The zero-order chi connectivity index (χ0) is 13.9. The smallest absolute Gasteiger partial charge is 0.272 e. The topological polar surface area (TPSA) is 53.4 Å². The first kappa shape index (κ1) is 14.5. The van der Waals surface area contributed by atoms with Crippen LogP contribution in [0, 0.1) is 5.41 Å². The molecule has 0 spiro atoms. The molecule has 0 aliphatic carbocycles. The van der Waals surface area contributed by atoms with E-state index >= 15 is 0 Å². The van der Waals surface area contributed by atoms with Crippen molar-refractivity contribution >= 4 is 21.8 Å². The van der Waals surface area contributed by atoms with Crippen molar-refractivity contribution in [2.45, 2.75) is 26.2 Å². The van der Waals surface area contributed by atoms with Crippen molar-refractivity contribution in [2.75, 3.05) is 19.7 Å². The van der Waals surface area contributed by atoms with Gasteiger partial charge in [-0.15, -0.1) is 0 Å². The third-order valence-corrected chi connectivity index (χ3v) is 4.61. The summed E-state index contributed by atoms with van der Waals surface area (Å²) in [5.41, 5.74) is 0.486. The summed E-state index contributed by atoms with van der Waals surface area (Å²) in [5, 5.41) is 9.49. The lowest BCUT2D eigenvalue weighted by Gasteiger charge is -2.40. The van der Waals surface area contributed by atoms with Gasteiger partial charge in [-0.2, -0.15) is 0 Å². The van der Waals surface area contributed by atoms with Crippen LogP contribution >= 0.6 is 15.9 Å². The molecule has 0 unspecified atom stereocenters. The first-order valence-electron chi connectivity index (χ1n) is 6.62. The van der Waals surface area contributed by atoms with Gasteiger partial charge in [0.1, 0.15) is 5.69 Å². The normalized spacial score (nSPS) is 18.4. The summed E-state index contributed by atoms with van der Waals surface area (Å²) in [6.45, 7) is 3.71. The third kappa shape index (κ3) is 3.15. The quantitative estimate of drug-likeness (QED) is 0.928. The number of amides is 1. The Hall–Kier alpha value is -0.940. The molecule has 0 atom stereocenters. The molecule has 1 N–H and O–H groups in total. The van der Waals surface area contributed by atoms with Crippen LogP contribution in [0.25, 0.3) is 0 Å². The minimum Gasteiger partial charge on any atom is -0.396 e. The third-order valence-electron chi connectivity index (χ3n) is 4.14. The van der Waals surface area contributed by atoms with Crippen molar-refractivity contribution in [3.05, 3.63) is 28.5 Å². The van der Waals surface area contributed by atoms with E-state index in [1.165, 1.54) is 0 Å². The van der Waals surface area contributed by atoms with Crippen molar-refractivity contribution in [3.8, 4) is 0 Å². The fourth-order valence-electron chi connectivity index (χ4n) is 2.47. The van der Waals surface area contributed by atoms with E-state index in [0.29, 0.717) is 18.8 Å². The molecule has 0 saturated carbocycles. The number of halogens is 1. The predicted octanol–water partition coefficient (Wildman–Crippen LogP) is 2.47. The molecule has 1 aromatic heterocycles. The summed E-state index contributed by atoms with van der Waals surface area (Å²) in [6, 6.07) is 3.56. The lowest BCUT2D eigenvalue weighted by atomic mass is 9.77. The van der Waals surface area contributed by atoms with Gasteiger partial charge in [0, 0.05) is 30.4 Å². The standard InChI is InChI=1S/C14H19BrN2O2/c1-2-14(10-18)5-7-17(8-6-14)13(19)12-4-3-11(15)9-16-12/h3-4,9,18H,2,5-8,10H2,1H3. The molecule has 1 fully saturated rings. The van der Waals surface area contributed by atoms with E-state index in [1.807, 2.05) is 11.0 Å². The molecular weight excluding hydrogens is 308 g/mol. The molecular formula is C14H19BrN2O2. The van der Waals surface area contributed by atoms with E-state index in [0.717, 1.165) is 23.7 Å². The number of aliphatic hydroxyl groups excluding tert-OH is 1. The van der Waals surface area contributed by atoms with Crippen LogP contribution in [0.1, 0.15) is 36.7 Å². The van der Waals surface area contributed by atoms with E-state index in [-0.39, 0.29) is 17.9 Å². The maximum atomic E-state index is 12.3. The number of aromatic nitrogens is 1. The van der Waals surface area contributed by atoms with Gasteiger partial charge in [-0.1, -0.05) is 6.92 Å². The monoisotopic (exact) mass is 326 g/mol. The summed E-state index contributed by atoms with van der Waals surface area (Å²) >= 11 is 3.31. The number of rotatable bonds is 3. The van der Waals surface area contributed by atoms with Gasteiger partial charge in [-0.3, -0.25) is 4.79 Å². The predicted molar refractivity (Wildman–Crippen MR) is 76.9 cm³/mol. The highest BCUT2D eigenvalue weighted by Gasteiger charge is 2.34. The Balaban J connectivity index is 2.01. The van der Waals surface area contributed by atoms with E-state index in [2.05, 4.69) is 27.8 Å². The van der Waals surface area contributed by atoms with Crippen molar-refractivity contribution in [1.82, 2.24) is 9.88 Å². The van der Waals surface area contributed by atoms with Crippen LogP contribution in [0.4, 0.5) is 0 Å². The molecule has 2 heterocycles. The number of piperidine rings is 1. The SMILES string of the molecule is CCC1(CO)CCN(C(=O)c2ccc(Br)cn2)CC1. The van der Waals surface area contributed by atoms with Crippen molar-refractivity contribution < 1.29 is 9.90 Å². The van der Waals surface area contributed by atoms with Gasteiger partial charge in [0.2, 0.25) is 0 Å². The summed E-state index contributed by atoms with van der Waals surface area (Å²) in [7, 11) is 0. The average Bonchev–Trinajstić information content (AvgIpc) is 2.47. The van der Waals surface area contributed by atoms with Gasteiger partial charge in [-0.05, 0) is 52.7 Å². The molecule has 0 bridgehead atoms. The zero-order valence-corrected chi connectivity index (χ0v) is 12.7. The average molecular weight is 327 g/mol. The van der Waals surface area contributed by atoms with Crippen LogP contribution in [0.2, 0.25) is 0 Å². The number of nitrogens with zero attached hydrogens (tertiary/aromatic N) is 2. The van der Waals surface area contributed by atoms with Gasteiger partial charge >= 0.3 is 0 Å². The van der Waals surface area contributed by atoms with E-state index in [1.54, 1.807) is 12.3 Å². The van der Waals surface area contributed by atoms with Crippen molar-refractivity contribution in [1.29, 1.82) is 0 Å². The van der Waals surface area contributed by atoms with Crippen LogP contribution in [-0.4, -0.2) is 40.6 Å². The summed E-state index contributed by atoms with van der Waals surface area (Å²) in [5.74, 6) is -0.0184. The number of pyridine rings is 1. The number of carbonyl (C=O) groups is 1. The Bertz CT molecular complexity index is 433. The number of carbonyl (C=O) groups excluding carboxylic acids is 1. The summed E-state index contributed by atoms with van der Waals surface area (Å²) < 4.78 is 0.868. The molecule has 5 heteroatoms. The Kier molecular flexibility index (Phi) is 4.58. The molecule has 1 saturated heterocycles. The maximum Gasteiger partial charge on any atom is 0.272 e. The highest BCUT2D eigenvalue weighted by molar-refractivity contribution is 9.10. The van der Waals surface area contributed by atoms with Crippen molar-refractivity contribution in [2.24, 2.45) is 5.41 Å². The van der Waals surface area contributed by atoms with Crippen LogP contribution in [-0.2, 0) is 0 Å². The lowest BCUT2D eigenvalue weighted by Crippen LogP contribution is -2.44. The van der Waals surface area contributed by atoms with E-state index < -0.39 is 0 Å². The molecule has 4 nitrogen and oxygen atoms in total. The van der Waals surface area contributed by atoms with Crippen LogP contribution in [0.5, 0.6) is 0 Å². The largest absolute Gasteiger partial charge is 0.396 e. The highest BCUT2D eigenvalue weighted by Crippen LogP contribution is 2.34. The van der Waals surface area contributed by atoms with Gasteiger partial charge in [0.25, 0.3) is 5.91 Å². The van der Waals surface area contributed by atoms with Gasteiger partial charge < -0.3 is 10.0 Å². The maximum absolute atomic E-state index is 12.3. The second kappa shape index (κ2) is 6.01. The number of hydrogen-bond acceptors (Lipinski definition) is 3. The fraction of sp³-hybridized carbons (Fsp3) is 0.571. The Morgan fingerprint density at radius 1 is 1.47 bits per heavy atom. The van der Waals surface area contributed by atoms with Crippen molar-refractivity contribution in [3.63, 3.8) is 0 Å². The molecule has 1 aromatic rings. The van der Waals surface area contributed by atoms with Gasteiger partial charge in [-0.25, -0.2) is 4.98 Å². The molecule has 1 aliphatic rings. The Morgan fingerprint density at radius 3 is 2.63 bits per heavy atom. The fourth-order valence-corrected chi connectivity index (χ4v) is 2.71. The second-order valence-electron chi connectivity index (χ2n) is 5.17. The minimum atomic E-state index is -0.0184. The van der Waals surface area contributed by atoms with Gasteiger partial charge in [0.15, 0.2) is 0 Å². The molecule has 0 radical (unpaired) electrons. The van der Waals surface area contributed by atoms with Crippen LogP contribution in [0.3, 0.4) is 0 Å². The molecule has 0 aromatic carbocycles. The number of hydrogen-bond donors (Lipinski definition) is 1. The molecule has 19 heavy (non-hydrogen) atoms. The minimum absolute atomic E-state index is 0.00389. The van der Waals surface area contributed by atoms with E-state index in [9.17, 15) is 9.90 Å². The first-order chi connectivity index (χ1) is 9.10. The summed E-state index contributed by atoms with van der Waals surface area (Å²) in [6.07, 6.45) is 4.33. The molecule has 1 amide bonds. The molecule has 2 rings (SSSR count). The summed E-state index contributed by atoms with van der Waals surface area (Å²) in [4.78, 5) is 18.3. The van der Waals surface area contributed by atoms with Crippen LogP contribution < -0.4 is 0 Å². The Morgan fingerprint density at radius 2 is 2.16 bits per heavy atom.